The molecule has 0 aromatic carbocycles. The molecule has 1 aromatic rings. The summed E-state index contributed by atoms with van der Waals surface area (Å²) in [4.78, 5) is 17.3. The average molecular weight is 363 g/mol. The third-order valence-corrected chi connectivity index (χ3v) is 5.56. The van der Waals surface area contributed by atoms with E-state index in [0.717, 1.165) is 44.4 Å². The molecule has 1 amide bonds. The lowest BCUT2D eigenvalue weighted by molar-refractivity contribution is -0.203. The number of nitrogens with zero attached hydrogens (tertiary/aromatic N) is 2. The normalized spacial score (nSPS) is 26.0. The predicted molar refractivity (Wildman–Crippen MR) is 95.6 cm³/mol. The van der Waals surface area contributed by atoms with Crippen LogP contribution in [0.4, 0.5) is 0 Å². The molecule has 1 aliphatic carbocycles. The Bertz CT molecular complexity index is 596. The zero-order chi connectivity index (χ0) is 18.0. The van der Waals surface area contributed by atoms with Crippen LogP contribution in [0.1, 0.15) is 18.6 Å². The molecule has 1 atom stereocenters. The van der Waals surface area contributed by atoms with Crippen LogP contribution in [0.25, 0.3) is 0 Å². The number of amides is 1. The Morgan fingerprint density at radius 1 is 1.38 bits per heavy atom. The summed E-state index contributed by atoms with van der Waals surface area (Å²) in [5.74, 6) is 1.80. The second-order valence-electron chi connectivity index (χ2n) is 7.89. The Morgan fingerprint density at radius 3 is 2.92 bits per heavy atom. The highest BCUT2D eigenvalue weighted by atomic mass is 16.5. The summed E-state index contributed by atoms with van der Waals surface area (Å²) in [6, 6.07) is 3.75. The van der Waals surface area contributed by atoms with Crippen molar-refractivity contribution in [3.8, 4) is 0 Å². The quantitative estimate of drug-likeness (QED) is 0.686. The molecule has 4 rings (SSSR count). The number of carbonyl (C=O) groups is 1. The summed E-state index contributed by atoms with van der Waals surface area (Å²) in [5, 5.41) is 2.97. The van der Waals surface area contributed by atoms with Gasteiger partial charge in [-0.2, -0.15) is 0 Å². The fourth-order valence-corrected chi connectivity index (χ4v) is 4.04. The molecule has 1 aromatic heterocycles. The highest BCUT2D eigenvalue weighted by Crippen LogP contribution is 2.36. The molecule has 7 heteroatoms. The Labute approximate surface area is 154 Å². The summed E-state index contributed by atoms with van der Waals surface area (Å²) in [5.41, 5.74) is -0.134. The van der Waals surface area contributed by atoms with E-state index in [1.807, 2.05) is 12.1 Å². The second kappa shape index (κ2) is 7.68. The zero-order valence-corrected chi connectivity index (χ0v) is 15.5. The number of nitrogens with one attached hydrogen (secondary N) is 1. The van der Waals surface area contributed by atoms with Crippen LogP contribution in [-0.2, 0) is 20.8 Å². The SMILES string of the molecule is COCCNC(=O)C1COC2(CN(Cc3ccco3)C2)CN1CC1CC1. The number of furan rings is 1. The van der Waals surface area contributed by atoms with E-state index < -0.39 is 0 Å². The van der Waals surface area contributed by atoms with Crippen molar-refractivity contribution in [1.29, 1.82) is 0 Å². The fraction of sp³-hybridized carbons (Fsp3) is 0.737. The zero-order valence-electron chi connectivity index (χ0n) is 15.5. The first kappa shape index (κ1) is 18.0. The first-order valence-corrected chi connectivity index (χ1v) is 9.57. The summed E-state index contributed by atoms with van der Waals surface area (Å²) in [6.45, 7) is 6.01. The van der Waals surface area contributed by atoms with Gasteiger partial charge in [0.1, 0.15) is 17.4 Å². The molecule has 0 bridgehead atoms. The molecule has 3 aliphatic rings. The van der Waals surface area contributed by atoms with Gasteiger partial charge in [-0.25, -0.2) is 0 Å². The van der Waals surface area contributed by atoms with E-state index in [-0.39, 0.29) is 17.6 Å². The summed E-state index contributed by atoms with van der Waals surface area (Å²) >= 11 is 0. The van der Waals surface area contributed by atoms with Crippen LogP contribution in [0.2, 0.25) is 0 Å². The summed E-state index contributed by atoms with van der Waals surface area (Å²) < 4.78 is 16.7. The van der Waals surface area contributed by atoms with Crippen LogP contribution in [0.15, 0.2) is 22.8 Å². The van der Waals surface area contributed by atoms with Crippen molar-refractivity contribution < 1.29 is 18.7 Å². The van der Waals surface area contributed by atoms with E-state index in [0.29, 0.717) is 19.8 Å². The summed E-state index contributed by atoms with van der Waals surface area (Å²) in [7, 11) is 1.64. The number of methoxy groups -OCH3 is 1. The minimum atomic E-state index is -0.183. The van der Waals surface area contributed by atoms with Crippen LogP contribution in [0.5, 0.6) is 0 Å². The number of hydrogen-bond acceptors (Lipinski definition) is 6. The van der Waals surface area contributed by atoms with E-state index >= 15 is 0 Å². The van der Waals surface area contributed by atoms with Crippen LogP contribution >= 0.6 is 0 Å². The first-order chi connectivity index (χ1) is 12.7. The average Bonchev–Trinajstić information content (AvgIpc) is 3.26. The summed E-state index contributed by atoms with van der Waals surface area (Å²) in [6.07, 6.45) is 4.28. The molecular formula is C19H29N3O4. The van der Waals surface area contributed by atoms with Crippen molar-refractivity contribution in [2.24, 2.45) is 5.92 Å². The van der Waals surface area contributed by atoms with Crippen molar-refractivity contribution in [2.75, 3.05) is 53.0 Å². The number of ether oxygens (including phenoxy) is 2. The minimum absolute atomic E-state index is 0.0596. The van der Waals surface area contributed by atoms with Gasteiger partial charge in [0, 0.05) is 39.8 Å². The van der Waals surface area contributed by atoms with Gasteiger partial charge in [-0.3, -0.25) is 14.6 Å². The number of likely N-dealkylation sites (tertiary alicyclic amines) is 1. The maximum atomic E-state index is 12.6. The van der Waals surface area contributed by atoms with Gasteiger partial charge in [0.25, 0.3) is 0 Å². The highest BCUT2D eigenvalue weighted by molar-refractivity contribution is 5.82. The first-order valence-electron chi connectivity index (χ1n) is 9.57. The van der Waals surface area contributed by atoms with Crippen LogP contribution in [0, 0.1) is 5.92 Å². The lowest BCUT2D eigenvalue weighted by atomic mass is 9.90. The van der Waals surface area contributed by atoms with Crippen LogP contribution in [0.3, 0.4) is 0 Å². The van der Waals surface area contributed by atoms with Crippen LogP contribution < -0.4 is 5.32 Å². The molecule has 2 saturated heterocycles. The van der Waals surface area contributed by atoms with Crippen LogP contribution in [-0.4, -0.2) is 80.4 Å². The number of carbonyl (C=O) groups excluding carboxylic acids is 1. The predicted octanol–water partition coefficient (Wildman–Crippen LogP) is 0.707. The Kier molecular flexibility index (Phi) is 5.31. The standard InChI is InChI=1S/C19H29N3O4/c1-24-8-6-20-18(23)17-11-26-19(14-22(17)9-15-4-5-15)12-21(13-19)10-16-3-2-7-25-16/h2-3,7,15,17H,4-6,8-14H2,1H3,(H,20,23). The smallest absolute Gasteiger partial charge is 0.239 e. The minimum Gasteiger partial charge on any atom is -0.468 e. The van der Waals surface area contributed by atoms with Crippen molar-refractivity contribution in [1.82, 2.24) is 15.1 Å². The van der Waals surface area contributed by atoms with Crippen molar-refractivity contribution in [3.63, 3.8) is 0 Å². The molecule has 3 heterocycles. The molecule has 1 saturated carbocycles. The molecule has 26 heavy (non-hydrogen) atoms. The molecule has 144 valence electrons. The van der Waals surface area contributed by atoms with Gasteiger partial charge in [0.15, 0.2) is 0 Å². The van der Waals surface area contributed by atoms with Gasteiger partial charge in [-0.05, 0) is 30.9 Å². The van der Waals surface area contributed by atoms with E-state index in [1.54, 1.807) is 13.4 Å². The molecule has 1 N–H and O–H groups in total. The third-order valence-electron chi connectivity index (χ3n) is 5.56. The van der Waals surface area contributed by atoms with Gasteiger partial charge < -0.3 is 19.2 Å². The molecule has 7 nitrogen and oxygen atoms in total. The lowest BCUT2D eigenvalue weighted by Gasteiger charge is -2.55. The maximum absolute atomic E-state index is 12.6. The molecule has 0 radical (unpaired) electrons. The second-order valence-corrected chi connectivity index (χ2v) is 7.89. The largest absolute Gasteiger partial charge is 0.468 e. The van der Waals surface area contributed by atoms with Gasteiger partial charge in [-0.1, -0.05) is 0 Å². The molecule has 1 spiro atoms. The lowest BCUT2D eigenvalue weighted by Crippen LogP contribution is -2.72. The molecule has 2 aliphatic heterocycles. The van der Waals surface area contributed by atoms with Crippen molar-refractivity contribution in [2.45, 2.75) is 31.0 Å². The van der Waals surface area contributed by atoms with Gasteiger partial charge >= 0.3 is 0 Å². The molecular weight excluding hydrogens is 334 g/mol. The molecule has 1 unspecified atom stereocenters. The van der Waals surface area contributed by atoms with E-state index in [4.69, 9.17) is 13.9 Å². The van der Waals surface area contributed by atoms with Gasteiger partial charge in [0.2, 0.25) is 5.91 Å². The maximum Gasteiger partial charge on any atom is 0.239 e. The van der Waals surface area contributed by atoms with Gasteiger partial charge in [0.05, 0.1) is 26.0 Å². The Morgan fingerprint density at radius 2 is 2.23 bits per heavy atom. The topological polar surface area (TPSA) is 67.2 Å². The Balaban J connectivity index is 1.32. The monoisotopic (exact) mass is 363 g/mol. The van der Waals surface area contributed by atoms with E-state index in [1.165, 1.54) is 12.8 Å². The van der Waals surface area contributed by atoms with Crippen molar-refractivity contribution >= 4 is 5.91 Å². The third kappa shape index (κ3) is 4.11. The van der Waals surface area contributed by atoms with E-state index in [9.17, 15) is 4.79 Å². The molecule has 3 fully saturated rings. The number of hydrogen-bond donors (Lipinski definition) is 1. The Hall–Kier alpha value is -1.41. The van der Waals surface area contributed by atoms with Crippen molar-refractivity contribution in [3.05, 3.63) is 24.2 Å². The number of rotatable bonds is 8. The number of morpholine rings is 1. The van der Waals surface area contributed by atoms with E-state index in [2.05, 4.69) is 15.1 Å². The van der Waals surface area contributed by atoms with Gasteiger partial charge in [-0.15, -0.1) is 0 Å². The fourth-order valence-electron chi connectivity index (χ4n) is 4.04. The highest BCUT2D eigenvalue weighted by Gasteiger charge is 2.51.